The van der Waals surface area contributed by atoms with Crippen LogP contribution in [0.25, 0.3) is 0 Å². The van der Waals surface area contributed by atoms with Crippen LogP contribution in [0.4, 0.5) is 0 Å². The third-order valence-electron chi connectivity index (χ3n) is 4.35. The van der Waals surface area contributed by atoms with Gasteiger partial charge in [0.1, 0.15) is 5.78 Å². The van der Waals surface area contributed by atoms with Gasteiger partial charge < -0.3 is 5.32 Å². The maximum Gasteiger partial charge on any atom is 0.143 e. The van der Waals surface area contributed by atoms with Crippen LogP contribution >= 0.6 is 0 Å². The molecule has 0 aromatic carbocycles. The largest absolute Gasteiger partial charge is 0.316 e. The number of nitrogens with one attached hydrogen (secondary N) is 1. The second kappa shape index (κ2) is 4.25. The first kappa shape index (κ1) is 11.1. The lowest BCUT2D eigenvalue weighted by atomic mass is 9.72. The van der Waals surface area contributed by atoms with Crippen molar-refractivity contribution in [2.75, 3.05) is 13.1 Å². The number of rotatable bonds is 2. The van der Waals surface area contributed by atoms with E-state index >= 15 is 0 Å². The van der Waals surface area contributed by atoms with E-state index in [1.165, 1.54) is 12.8 Å². The van der Waals surface area contributed by atoms with E-state index in [9.17, 15) is 4.79 Å². The van der Waals surface area contributed by atoms with Crippen molar-refractivity contribution in [2.24, 2.45) is 17.3 Å². The van der Waals surface area contributed by atoms with E-state index in [1.54, 1.807) is 0 Å². The molecule has 2 nitrogen and oxygen atoms in total. The topological polar surface area (TPSA) is 29.1 Å². The fourth-order valence-corrected chi connectivity index (χ4v) is 3.04. The van der Waals surface area contributed by atoms with Crippen molar-refractivity contribution < 1.29 is 4.79 Å². The quantitative estimate of drug-likeness (QED) is 0.756. The monoisotopic (exact) mass is 209 g/mol. The van der Waals surface area contributed by atoms with E-state index in [0.29, 0.717) is 11.7 Å². The number of ketones is 1. The smallest absolute Gasteiger partial charge is 0.143 e. The summed E-state index contributed by atoms with van der Waals surface area (Å²) < 4.78 is 0. The highest BCUT2D eigenvalue weighted by Gasteiger charge is 2.40. The molecule has 1 aliphatic heterocycles. The SMILES string of the molecule is CC1CCC(C(=O)C2(C)CCNC2)CC1. The average molecular weight is 209 g/mol. The third-order valence-corrected chi connectivity index (χ3v) is 4.35. The predicted octanol–water partition coefficient (Wildman–Crippen LogP) is 2.38. The molecule has 0 spiro atoms. The number of carbonyl (C=O) groups is 1. The molecule has 2 rings (SSSR count). The Labute approximate surface area is 92.8 Å². The lowest BCUT2D eigenvalue weighted by molar-refractivity contribution is -0.132. The summed E-state index contributed by atoms with van der Waals surface area (Å²) >= 11 is 0. The Morgan fingerprint density at radius 1 is 1.27 bits per heavy atom. The Bertz CT molecular complexity index is 235. The van der Waals surface area contributed by atoms with Gasteiger partial charge in [0.15, 0.2) is 0 Å². The molecule has 0 radical (unpaired) electrons. The van der Waals surface area contributed by atoms with Gasteiger partial charge in [-0.05, 0) is 31.7 Å². The van der Waals surface area contributed by atoms with E-state index in [0.717, 1.165) is 38.3 Å². The first-order valence-corrected chi connectivity index (χ1v) is 6.37. The summed E-state index contributed by atoms with van der Waals surface area (Å²) in [6.07, 6.45) is 5.81. The molecular weight excluding hydrogens is 186 g/mol. The van der Waals surface area contributed by atoms with Crippen molar-refractivity contribution in [1.29, 1.82) is 0 Å². The second-order valence-electron chi connectivity index (χ2n) is 5.81. The Morgan fingerprint density at radius 3 is 2.47 bits per heavy atom. The maximum absolute atomic E-state index is 12.4. The van der Waals surface area contributed by atoms with Gasteiger partial charge in [0.2, 0.25) is 0 Å². The number of Topliss-reactive ketones (excluding diaryl/α,β-unsaturated/α-hetero) is 1. The van der Waals surface area contributed by atoms with Gasteiger partial charge in [0.25, 0.3) is 0 Å². The lowest BCUT2D eigenvalue weighted by Gasteiger charge is -2.31. The van der Waals surface area contributed by atoms with Crippen LogP contribution in [0, 0.1) is 17.3 Å². The summed E-state index contributed by atoms with van der Waals surface area (Å²) in [6.45, 7) is 6.37. The molecule has 86 valence electrons. The summed E-state index contributed by atoms with van der Waals surface area (Å²) in [5.41, 5.74) is -0.0504. The van der Waals surface area contributed by atoms with Crippen LogP contribution in [0.2, 0.25) is 0 Å². The molecule has 0 aromatic heterocycles. The molecule has 1 N–H and O–H groups in total. The molecule has 2 heteroatoms. The molecule has 0 bridgehead atoms. The van der Waals surface area contributed by atoms with Gasteiger partial charge in [-0.2, -0.15) is 0 Å². The lowest BCUT2D eigenvalue weighted by Crippen LogP contribution is -2.36. The van der Waals surface area contributed by atoms with Gasteiger partial charge in [0, 0.05) is 17.9 Å². The summed E-state index contributed by atoms with van der Waals surface area (Å²) in [7, 11) is 0. The Morgan fingerprint density at radius 2 is 1.93 bits per heavy atom. The minimum atomic E-state index is -0.0504. The standard InChI is InChI=1S/C13H23NO/c1-10-3-5-11(6-4-10)12(15)13(2)7-8-14-9-13/h10-11,14H,3-9H2,1-2H3. The molecule has 1 heterocycles. The molecule has 1 saturated carbocycles. The van der Waals surface area contributed by atoms with Gasteiger partial charge in [-0.3, -0.25) is 4.79 Å². The van der Waals surface area contributed by atoms with Crippen LogP contribution in [0.3, 0.4) is 0 Å². The molecule has 1 aliphatic carbocycles. The first-order valence-electron chi connectivity index (χ1n) is 6.37. The normalized spacial score (nSPS) is 41.7. The molecule has 1 atom stereocenters. The zero-order valence-electron chi connectivity index (χ0n) is 10.0. The van der Waals surface area contributed by atoms with Gasteiger partial charge in [0.05, 0.1) is 0 Å². The van der Waals surface area contributed by atoms with Crippen molar-refractivity contribution in [3.8, 4) is 0 Å². The van der Waals surface area contributed by atoms with E-state index < -0.39 is 0 Å². The van der Waals surface area contributed by atoms with E-state index in [1.807, 2.05) is 0 Å². The summed E-state index contributed by atoms with van der Waals surface area (Å²) in [5.74, 6) is 1.74. The highest BCUT2D eigenvalue weighted by Crippen LogP contribution is 2.36. The highest BCUT2D eigenvalue weighted by atomic mass is 16.1. The second-order valence-corrected chi connectivity index (χ2v) is 5.81. The molecule has 2 fully saturated rings. The summed E-state index contributed by atoms with van der Waals surface area (Å²) in [4.78, 5) is 12.4. The van der Waals surface area contributed by atoms with Gasteiger partial charge in [-0.25, -0.2) is 0 Å². The third kappa shape index (κ3) is 2.25. The van der Waals surface area contributed by atoms with Gasteiger partial charge in [-0.1, -0.05) is 26.7 Å². The maximum atomic E-state index is 12.4. The Hall–Kier alpha value is -0.370. The molecule has 2 aliphatic rings. The number of hydrogen-bond acceptors (Lipinski definition) is 2. The van der Waals surface area contributed by atoms with E-state index in [-0.39, 0.29) is 5.41 Å². The molecule has 1 saturated heterocycles. The molecular formula is C13H23NO. The Kier molecular flexibility index (Phi) is 3.15. The highest BCUT2D eigenvalue weighted by molar-refractivity contribution is 5.87. The van der Waals surface area contributed by atoms with Crippen LogP contribution in [0.1, 0.15) is 46.0 Å². The fourth-order valence-electron chi connectivity index (χ4n) is 3.04. The van der Waals surface area contributed by atoms with Crippen LogP contribution in [0.5, 0.6) is 0 Å². The van der Waals surface area contributed by atoms with Crippen molar-refractivity contribution in [1.82, 2.24) is 5.32 Å². The minimum absolute atomic E-state index is 0.0504. The number of carbonyl (C=O) groups excluding carboxylic acids is 1. The molecule has 1 unspecified atom stereocenters. The first-order chi connectivity index (χ1) is 7.12. The zero-order valence-corrected chi connectivity index (χ0v) is 10.0. The molecule has 0 aromatic rings. The molecule has 15 heavy (non-hydrogen) atoms. The van der Waals surface area contributed by atoms with Crippen LogP contribution in [-0.2, 0) is 4.79 Å². The number of hydrogen-bond donors (Lipinski definition) is 1. The molecule has 0 amide bonds. The fraction of sp³-hybridized carbons (Fsp3) is 0.923. The van der Waals surface area contributed by atoms with Crippen LogP contribution in [0.15, 0.2) is 0 Å². The Balaban J connectivity index is 1.95. The minimum Gasteiger partial charge on any atom is -0.316 e. The van der Waals surface area contributed by atoms with Crippen molar-refractivity contribution in [3.63, 3.8) is 0 Å². The van der Waals surface area contributed by atoms with Crippen LogP contribution < -0.4 is 5.32 Å². The van der Waals surface area contributed by atoms with E-state index in [2.05, 4.69) is 19.2 Å². The van der Waals surface area contributed by atoms with Crippen molar-refractivity contribution in [3.05, 3.63) is 0 Å². The van der Waals surface area contributed by atoms with Gasteiger partial charge >= 0.3 is 0 Å². The summed E-state index contributed by atoms with van der Waals surface area (Å²) in [6, 6.07) is 0. The zero-order chi connectivity index (χ0) is 10.9. The summed E-state index contributed by atoms with van der Waals surface area (Å²) in [5, 5.41) is 3.32. The van der Waals surface area contributed by atoms with Crippen LogP contribution in [-0.4, -0.2) is 18.9 Å². The van der Waals surface area contributed by atoms with Crippen molar-refractivity contribution in [2.45, 2.75) is 46.0 Å². The predicted molar refractivity (Wildman–Crippen MR) is 61.7 cm³/mol. The van der Waals surface area contributed by atoms with Crippen molar-refractivity contribution >= 4 is 5.78 Å². The van der Waals surface area contributed by atoms with E-state index in [4.69, 9.17) is 0 Å². The average Bonchev–Trinajstić information content (AvgIpc) is 2.67. The van der Waals surface area contributed by atoms with Gasteiger partial charge in [-0.15, -0.1) is 0 Å².